The van der Waals surface area contributed by atoms with E-state index in [1.54, 1.807) is 38.1 Å². The van der Waals surface area contributed by atoms with Gasteiger partial charge < -0.3 is 20.7 Å². The van der Waals surface area contributed by atoms with Gasteiger partial charge in [0.25, 0.3) is 5.91 Å². The number of hydrogen-bond donors (Lipinski definition) is 3. The molecule has 1 atom stereocenters. The van der Waals surface area contributed by atoms with E-state index in [-0.39, 0.29) is 18.4 Å². The Bertz CT molecular complexity index is 810. The molecular formula is C23H29N3O4. The van der Waals surface area contributed by atoms with Crippen molar-refractivity contribution in [3.05, 3.63) is 66.2 Å². The molecule has 0 fully saturated rings. The lowest BCUT2D eigenvalue weighted by Crippen LogP contribution is -2.47. The molecule has 3 N–H and O–H groups in total. The van der Waals surface area contributed by atoms with Crippen LogP contribution in [0.15, 0.2) is 60.7 Å². The van der Waals surface area contributed by atoms with Crippen molar-refractivity contribution in [1.29, 1.82) is 0 Å². The quantitative estimate of drug-likeness (QED) is 0.413. The number of hydrogen-bond acceptors (Lipinski definition) is 4. The third-order valence-electron chi connectivity index (χ3n) is 4.39. The summed E-state index contributed by atoms with van der Waals surface area (Å²) in [6, 6.07) is 17.5. The minimum absolute atomic E-state index is 0.201. The van der Waals surface area contributed by atoms with Crippen molar-refractivity contribution >= 4 is 23.6 Å². The van der Waals surface area contributed by atoms with Crippen molar-refractivity contribution in [2.75, 3.05) is 18.5 Å². The summed E-state index contributed by atoms with van der Waals surface area (Å²) in [6.45, 7) is 3.70. The first kappa shape index (κ1) is 22.9. The maximum atomic E-state index is 12.3. The van der Waals surface area contributed by atoms with Crippen molar-refractivity contribution in [3.8, 4) is 0 Å². The molecule has 160 valence electrons. The molecule has 0 radical (unpaired) electrons. The number of urea groups is 1. The van der Waals surface area contributed by atoms with E-state index in [4.69, 9.17) is 4.74 Å². The average Bonchev–Trinajstić information content (AvgIpc) is 2.74. The zero-order valence-electron chi connectivity index (χ0n) is 17.4. The van der Waals surface area contributed by atoms with Crippen LogP contribution in [0.4, 0.5) is 10.5 Å². The topological polar surface area (TPSA) is 96.5 Å². The summed E-state index contributed by atoms with van der Waals surface area (Å²) in [7, 11) is 0. The van der Waals surface area contributed by atoms with Gasteiger partial charge in [-0.1, -0.05) is 62.4 Å². The minimum Gasteiger partial charge on any atom is -0.454 e. The molecule has 0 bridgehead atoms. The number of rotatable bonds is 10. The largest absolute Gasteiger partial charge is 0.454 e. The van der Waals surface area contributed by atoms with E-state index >= 15 is 0 Å². The molecule has 0 aromatic heterocycles. The van der Waals surface area contributed by atoms with E-state index in [2.05, 4.69) is 16.0 Å². The smallest absolute Gasteiger partial charge is 0.329 e. The van der Waals surface area contributed by atoms with E-state index in [0.717, 1.165) is 12.8 Å². The Labute approximate surface area is 177 Å². The van der Waals surface area contributed by atoms with Gasteiger partial charge in [-0.3, -0.25) is 4.79 Å². The highest BCUT2D eigenvalue weighted by molar-refractivity contribution is 5.93. The van der Waals surface area contributed by atoms with Gasteiger partial charge in [-0.2, -0.15) is 0 Å². The molecule has 0 spiro atoms. The van der Waals surface area contributed by atoms with Crippen LogP contribution in [0.5, 0.6) is 0 Å². The number of benzene rings is 2. The minimum atomic E-state index is -0.861. The Morgan fingerprint density at radius 1 is 0.933 bits per heavy atom. The Morgan fingerprint density at radius 3 is 2.20 bits per heavy atom. The molecule has 0 aliphatic carbocycles. The maximum absolute atomic E-state index is 12.3. The predicted molar refractivity (Wildman–Crippen MR) is 116 cm³/mol. The zero-order valence-corrected chi connectivity index (χ0v) is 17.4. The third kappa shape index (κ3) is 8.34. The van der Waals surface area contributed by atoms with E-state index in [1.165, 1.54) is 5.56 Å². The van der Waals surface area contributed by atoms with Gasteiger partial charge in [-0.05, 0) is 36.5 Å². The number of para-hydroxylation sites is 1. The number of ether oxygens (including phenoxy) is 1. The lowest BCUT2D eigenvalue weighted by Gasteiger charge is -2.21. The van der Waals surface area contributed by atoms with Crippen molar-refractivity contribution in [1.82, 2.24) is 10.6 Å². The number of esters is 1. The second kappa shape index (κ2) is 12.3. The summed E-state index contributed by atoms with van der Waals surface area (Å²) in [4.78, 5) is 36.4. The second-order valence-electron chi connectivity index (χ2n) is 7.23. The van der Waals surface area contributed by atoms with E-state index in [1.807, 2.05) is 36.4 Å². The molecule has 7 heteroatoms. The molecule has 2 rings (SSSR count). The Kier molecular flexibility index (Phi) is 9.37. The first-order valence-corrected chi connectivity index (χ1v) is 10.1. The predicted octanol–water partition coefficient (Wildman–Crippen LogP) is 3.12. The molecular weight excluding hydrogens is 382 g/mol. The van der Waals surface area contributed by atoms with Gasteiger partial charge in [0.1, 0.15) is 6.04 Å². The fourth-order valence-electron chi connectivity index (χ4n) is 2.77. The van der Waals surface area contributed by atoms with Crippen molar-refractivity contribution in [2.45, 2.75) is 32.7 Å². The van der Waals surface area contributed by atoms with E-state index in [0.29, 0.717) is 12.2 Å². The molecule has 0 aliphatic rings. The van der Waals surface area contributed by atoms with Gasteiger partial charge in [-0.15, -0.1) is 0 Å². The van der Waals surface area contributed by atoms with Crippen LogP contribution in [-0.4, -0.2) is 37.1 Å². The van der Waals surface area contributed by atoms with E-state index in [9.17, 15) is 14.4 Å². The van der Waals surface area contributed by atoms with Gasteiger partial charge in [0.05, 0.1) is 0 Å². The average molecular weight is 412 g/mol. The number of anilines is 1. The van der Waals surface area contributed by atoms with Gasteiger partial charge in [0.2, 0.25) is 0 Å². The highest BCUT2D eigenvalue weighted by atomic mass is 16.5. The summed E-state index contributed by atoms with van der Waals surface area (Å²) in [5, 5.41) is 7.99. The Hall–Kier alpha value is -3.35. The molecule has 0 aliphatic heterocycles. The van der Waals surface area contributed by atoms with Crippen molar-refractivity contribution in [3.63, 3.8) is 0 Å². The second-order valence-corrected chi connectivity index (χ2v) is 7.23. The van der Waals surface area contributed by atoms with Crippen LogP contribution in [0.25, 0.3) is 0 Å². The number of nitrogens with one attached hydrogen (secondary N) is 3. The Morgan fingerprint density at radius 2 is 1.57 bits per heavy atom. The summed E-state index contributed by atoms with van der Waals surface area (Å²) in [5.74, 6) is -1.21. The van der Waals surface area contributed by atoms with Crippen LogP contribution in [0.2, 0.25) is 0 Å². The molecule has 2 aromatic rings. The lowest BCUT2D eigenvalue weighted by atomic mass is 10.1. The number of carbonyl (C=O) groups is 3. The fraction of sp³-hybridized carbons (Fsp3) is 0.348. The van der Waals surface area contributed by atoms with Gasteiger partial charge in [-0.25, -0.2) is 9.59 Å². The summed E-state index contributed by atoms with van der Waals surface area (Å²) in [6.07, 6.45) is 1.65. The molecule has 7 nitrogen and oxygen atoms in total. The van der Waals surface area contributed by atoms with Crippen LogP contribution in [0.3, 0.4) is 0 Å². The molecule has 30 heavy (non-hydrogen) atoms. The Balaban J connectivity index is 1.70. The van der Waals surface area contributed by atoms with E-state index < -0.39 is 18.0 Å². The van der Waals surface area contributed by atoms with Crippen LogP contribution in [0, 0.1) is 5.92 Å². The van der Waals surface area contributed by atoms with Crippen molar-refractivity contribution in [2.24, 2.45) is 5.92 Å². The van der Waals surface area contributed by atoms with Gasteiger partial charge in [0.15, 0.2) is 6.61 Å². The maximum Gasteiger partial charge on any atom is 0.329 e. The summed E-state index contributed by atoms with van der Waals surface area (Å²) >= 11 is 0. The number of aryl methyl sites for hydroxylation is 1. The number of amides is 3. The number of carbonyl (C=O) groups excluding carboxylic acids is 3. The van der Waals surface area contributed by atoms with Crippen LogP contribution in [0.1, 0.15) is 25.8 Å². The van der Waals surface area contributed by atoms with Crippen LogP contribution in [-0.2, 0) is 20.7 Å². The highest BCUT2D eigenvalue weighted by Gasteiger charge is 2.26. The fourth-order valence-corrected chi connectivity index (χ4v) is 2.77. The molecule has 0 saturated heterocycles. The summed E-state index contributed by atoms with van der Waals surface area (Å²) in [5.41, 5.74) is 1.82. The van der Waals surface area contributed by atoms with Crippen LogP contribution >= 0.6 is 0 Å². The van der Waals surface area contributed by atoms with Gasteiger partial charge >= 0.3 is 12.0 Å². The standard InChI is InChI=1S/C23H29N3O4/c1-17(2)21(26-23(29)25-19-13-7-4-8-14-19)22(28)30-16-20(27)24-15-9-12-18-10-5-3-6-11-18/h3-8,10-11,13-14,17,21H,9,12,15-16H2,1-2H3,(H,24,27)(H2,25,26,29)/t21-/m0/s1. The SMILES string of the molecule is CC(C)[C@H](NC(=O)Nc1ccccc1)C(=O)OCC(=O)NCCCc1ccccc1. The first-order chi connectivity index (χ1) is 14.5. The molecule has 0 saturated carbocycles. The molecule has 0 unspecified atom stereocenters. The normalized spacial score (nSPS) is 11.4. The molecule has 2 aromatic carbocycles. The van der Waals surface area contributed by atoms with Gasteiger partial charge in [0, 0.05) is 12.2 Å². The van der Waals surface area contributed by atoms with Crippen molar-refractivity contribution < 1.29 is 19.1 Å². The lowest BCUT2D eigenvalue weighted by molar-refractivity contribution is -0.151. The molecule has 3 amide bonds. The van der Waals surface area contributed by atoms with Crippen LogP contribution < -0.4 is 16.0 Å². The molecule has 0 heterocycles. The first-order valence-electron chi connectivity index (χ1n) is 10.1. The monoisotopic (exact) mass is 411 g/mol. The zero-order chi connectivity index (χ0) is 21.8. The third-order valence-corrected chi connectivity index (χ3v) is 4.39. The highest BCUT2D eigenvalue weighted by Crippen LogP contribution is 2.08. The summed E-state index contributed by atoms with van der Waals surface area (Å²) < 4.78 is 5.10.